The van der Waals surface area contributed by atoms with Crippen molar-refractivity contribution < 1.29 is 4.79 Å². The lowest BCUT2D eigenvalue weighted by molar-refractivity contribution is -0.116. The molecule has 0 saturated heterocycles. The van der Waals surface area contributed by atoms with Crippen molar-refractivity contribution in [3.63, 3.8) is 0 Å². The molecular formula is C8H10BrNO. The summed E-state index contributed by atoms with van der Waals surface area (Å²) in [4.78, 5) is 13.3. The second kappa shape index (κ2) is 3.77. The molecule has 0 spiro atoms. The van der Waals surface area contributed by atoms with Crippen LogP contribution < -0.4 is 5.32 Å². The van der Waals surface area contributed by atoms with Gasteiger partial charge in [-0.15, -0.1) is 0 Å². The van der Waals surface area contributed by atoms with E-state index in [1.807, 2.05) is 6.92 Å². The molecule has 1 unspecified atom stereocenters. The van der Waals surface area contributed by atoms with Gasteiger partial charge < -0.3 is 5.32 Å². The maximum absolute atomic E-state index is 10.9. The molecule has 0 aromatic rings. The maximum Gasteiger partial charge on any atom is 0.296 e. The molecule has 1 atom stereocenters. The minimum absolute atomic E-state index is 0.193. The molecule has 1 aliphatic carbocycles. The van der Waals surface area contributed by atoms with Gasteiger partial charge in [0.1, 0.15) is 0 Å². The van der Waals surface area contributed by atoms with E-state index >= 15 is 0 Å². The highest BCUT2D eigenvalue weighted by molar-refractivity contribution is 9.12. The van der Waals surface area contributed by atoms with Crippen LogP contribution in [0.5, 0.6) is 0 Å². The van der Waals surface area contributed by atoms with Crippen molar-refractivity contribution in [3.8, 4) is 10.8 Å². The Morgan fingerprint density at radius 1 is 1.73 bits per heavy atom. The number of carbonyl (C=O) groups is 1. The van der Waals surface area contributed by atoms with Crippen LogP contribution in [0.1, 0.15) is 19.8 Å². The van der Waals surface area contributed by atoms with Crippen LogP contribution in [-0.4, -0.2) is 11.9 Å². The second-order valence-electron chi connectivity index (χ2n) is 2.82. The largest absolute Gasteiger partial charge is 0.343 e. The molecule has 0 aromatic carbocycles. The number of hydrogen-bond acceptors (Lipinski definition) is 1. The highest BCUT2D eigenvalue weighted by atomic mass is 79.9. The van der Waals surface area contributed by atoms with Gasteiger partial charge in [0.05, 0.1) is 0 Å². The first-order valence-electron chi connectivity index (χ1n) is 3.66. The van der Waals surface area contributed by atoms with E-state index in [0.717, 1.165) is 0 Å². The smallest absolute Gasteiger partial charge is 0.296 e. The molecule has 2 nitrogen and oxygen atoms in total. The normalized spacial score (nSPS) is 18.0. The van der Waals surface area contributed by atoms with E-state index in [0.29, 0.717) is 5.92 Å². The average molecular weight is 216 g/mol. The van der Waals surface area contributed by atoms with Crippen LogP contribution in [0.2, 0.25) is 0 Å². The van der Waals surface area contributed by atoms with Crippen molar-refractivity contribution in [1.29, 1.82) is 0 Å². The van der Waals surface area contributed by atoms with Gasteiger partial charge in [0.2, 0.25) is 0 Å². The van der Waals surface area contributed by atoms with Gasteiger partial charge in [-0.2, -0.15) is 0 Å². The van der Waals surface area contributed by atoms with Crippen LogP contribution in [0.15, 0.2) is 0 Å². The third-order valence-electron chi connectivity index (χ3n) is 1.85. The Morgan fingerprint density at radius 3 is 2.82 bits per heavy atom. The van der Waals surface area contributed by atoms with Crippen molar-refractivity contribution in [2.24, 2.45) is 5.92 Å². The number of halogens is 1. The summed E-state index contributed by atoms with van der Waals surface area (Å²) < 4.78 is 0. The minimum atomic E-state index is -0.193. The lowest BCUT2D eigenvalue weighted by Gasteiger charge is -2.08. The lowest BCUT2D eigenvalue weighted by Crippen LogP contribution is -2.32. The number of amides is 1. The number of nitrogens with one attached hydrogen (secondary N) is 1. The summed E-state index contributed by atoms with van der Waals surface area (Å²) in [7, 11) is 0. The van der Waals surface area contributed by atoms with Gasteiger partial charge in [0, 0.05) is 27.9 Å². The third kappa shape index (κ3) is 2.94. The van der Waals surface area contributed by atoms with Crippen LogP contribution in [0, 0.1) is 16.7 Å². The Bertz CT molecular complexity index is 212. The molecule has 11 heavy (non-hydrogen) atoms. The first-order valence-corrected chi connectivity index (χ1v) is 4.45. The number of carbonyl (C=O) groups excluding carboxylic acids is 1. The molecule has 0 aliphatic heterocycles. The summed E-state index contributed by atoms with van der Waals surface area (Å²) in [5.41, 5.74) is 0. The van der Waals surface area contributed by atoms with Crippen LogP contribution in [-0.2, 0) is 4.79 Å². The maximum atomic E-state index is 10.9. The van der Waals surface area contributed by atoms with E-state index in [-0.39, 0.29) is 11.9 Å². The summed E-state index contributed by atoms with van der Waals surface area (Å²) in [6.07, 6.45) is 2.48. The topological polar surface area (TPSA) is 29.1 Å². The fraction of sp³-hybridized carbons (Fsp3) is 0.625. The average Bonchev–Trinajstić information content (AvgIpc) is 2.67. The second-order valence-corrected chi connectivity index (χ2v) is 3.22. The Labute approximate surface area is 74.9 Å². The SMILES string of the molecule is CC(NC(=O)C#CBr)C1CC1. The summed E-state index contributed by atoms with van der Waals surface area (Å²) >= 11 is 2.87. The first kappa shape index (κ1) is 8.61. The number of hydrogen-bond donors (Lipinski definition) is 1. The van der Waals surface area contributed by atoms with Gasteiger partial charge in [-0.05, 0) is 30.5 Å². The lowest BCUT2D eigenvalue weighted by atomic mass is 10.2. The zero-order chi connectivity index (χ0) is 8.27. The molecule has 0 radical (unpaired) electrons. The Morgan fingerprint density at radius 2 is 2.36 bits per heavy atom. The summed E-state index contributed by atoms with van der Waals surface area (Å²) in [5.74, 6) is 2.87. The van der Waals surface area contributed by atoms with Crippen molar-refractivity contribution in [1.82, 2.24) is 5.32 Å². The molecule has 1 N–H and O–H groups in total. The molecule has 1 rings (SSSR count). The van der Waals surface area contributed by atoms with E-state index in [2.05, 4.69) is 32.0 Å². The monoisotopic (exact) mass is 215 g/mol. The fourth-order valence-electron chi connectivity index (χ4n) is 1.000. The molecule has 0 bridgehead atoms. The molecular weight excluding hydrogens is 206 g/mol. The third-order valence-corrected chi connectivity index (χ3v) is 2.05. The van der Waals surface area contributed by atoms with Crippen molar-refractivity contribution in [3.05, 3.63) is 0 Å². The Balaban J connectivity index is 2.26. The van der Waals surface area contributed by atoms with E-state index in [9.17, 15) is 4.79 Å². The van der Waals surface area contributed by atoms with E-state index in [1.165, 1.54) is 12.8 Å². The minimum Gasteiger partial charge on any atom is -0.343 e. The first-order chi connectivity index (χ1) is 5.24. The van der Waals surface area contributed by atoms with Crippen molar-refractivity contribution in [2.75, 3.05) is 0 Å². The van der Waals surface area contributed by atoms with Gasteiger partial charge in [0.25, 0.3) is 5.91 Å². The van der Waals surface area contributed by atoms with Gasteiger partial charge in [-0.3, -0.25) is 4.79 Å². The highest BCUT2D eigenvalue weighted by Gasteiger charge is 2.28. The summed E-state index contributed by atoms with van der Waals surface area (Å²) in [5, 5.41) is 2.80. The van der Waals surface area contributed by atoms with Gasteiger partial charge in [-0.1, -0.05) is 0 Å². The summed E-state index contributed by atoms with van der Waals surface area (Å²) in [6.45, 7) is 2.02. The predicted octanol–water partition coefficient (Wildman–Crippen LogP) is 1.26. The van der Waals surface area contributed by atoms with Crippen LogP contribution in [0.25, 0.3) is 0 Å². The predicted molar refractivity (Wildman–Crippen MR) is 47.0 cm³/mol. The van der Waals surface area contributed by atoms with E-state index in [1.54, 1.807) is 0 Å². The van der Waals surface area contributed by atoms with Crippen LogP contribution >= 0.6 is 15.9 Å². The zero-order valence-electron chi connectivity index (χ0n) is 6.36. The highest BCUT2D eigenvalue weighted by Crippen LogP contribution is 2.32. The standard InChI is InChI=1S/C8H10BrNO/c1-6(7-2-3-7)10-8(11)4-5-9/h6-7H,2-3H2,1H3,(H,10,11). The van der Waals surface area contributed by atoms with Crippen molar-refractivity contribution >= 4 is 21.8 Å². The molecule has 0 aromatic heterocycles. The van der Waals surface area contributed by atoms with Crippen LogP contribution in [0.4, 0.5) is 0 Å². The number of rotatable bonds is 2. The molecule has 60 valence electrons. The van der Waals surface area contributed by atoms with E-state index in [4.69, 9.17) is 0 Å². The zero-order valence-corrected chi connectivity index (χ0v) is 7.94. The van der Waals surface area contributed by atoms with Gasteiger partial charge in [0.15, 0.2) is 0 Å². The van der Waals surface area contributed by atoms with Crippen molar-refractivity contribution in [2.45, 2.75) is 25.8 Å². The molecule has 1 amide bonds. The van der Waals surface area contributed by atoms with Gasteiger partial charge >= 0.3 is 0 Å². The molecule has 1 saturated carbocycles. The fourth-order valence-corrected chi connectivity index (χ4v) is 1.18. The summed E-state index contributed by atoms with van der Waals surface area (Å²) in [6, 6.07) is 0.288. The van der Waals surface area contributed by atoms with E-state index < -0.39 is 0 Å². The Kier molecular flexibility index (Phi) is 2.95. The molecule has 3 heteroatoms. The quantitative estimate of drug-likeness (QED) is 0.691. The molecule has 1 aliphatic rings. The molecule has 1 fully saturated rings. The Hall–Kier alpha value is -0.490. The van der Waals surface area contributed by atoms with Crippen LogP contribution in [0.3, 0.4) is 0 Å². The van der Waals surface area contributed by atoms with Gasteiger partial charge in [-0.25, -0.2) is 0 Å². The molecule has 0 heterocycles.